The molecule has 1 unspecified atom stereocenters. The fourth-order valence-corrected chi connectivity index (χ4v) is 0.410. The molecule has 0 rings (SSSR count). The Kier molecular flexibility index (Phi) is 4.72. The van der Waals surface area contributed by atoms with Crippen molar-refractivity contribution in [3.8, 4) is 0 Å². The molecule has 0 saturated heterocycles. The SMILES string of the molecule is [CH2]CNC(=O)OC(C)CC. The van der Waals surface area contributed by atoms with Crippen LogP contribution in [0, 0.1) is 6.92 Å². The Morgan fingerprint density at radius 3 is 2.80 bits per heavy atom. The molecule has 0 aromatic heterocycles. The smallest absolute Gasteiger partial charge is 0.407 e. The first-order valence-electron chi connectivity index (χ1n) is 3.44. The van der Waals surface area contributed by atoms with Crippen molar-refractivity contribution in [2.45, 2.75) is 26.4 Å². The summed E-state index contributed by atoms with van der Waals surface area (Å²) in [5.74, 6) is 0. The molecule has 1 atom stereocenters. The third-order valence-electron chi connectivity index (χ3n) is 1.15. The lowest BCUT2D eigenvalue weighted by molar-refractivity contribution is 0.106. The Morgan fingerprint density at radius 1 is 1.80 bits per heavy atom. The molecule has 3 heteroatoms. The molecule has 0 aliphatic rings. The number of hydrogen-bond acceptors (Lipinski definition) is 2. The van der Waals surface area contributed by atoms with Crippen LogP contribution >= 0.6 is 0 Å². The van der Waals surface area contributed by atoms with Gasteiger partial charge >= 0.3 is 6.09 Å². The van der Waals surface area contributed by atoms with Gasteiger partial charge in [-0.25, -0.2) is 4.79 Å². The molecule has 59 valence electrons. The van der Waals surface area contributed by atoms with E-state index in [4.69, 9.17) is 4.74 Å². The largest absolute Gasteiger partial charge is 0.447 e. The third-order valence-corrected chi connectivity index (χ3v) is 1.15. The summed E-state index contributed by atoms with van der Waals surface area (Å²) < 4.78 is 4.85. The molecule has 0 saturated carbocycles. The summed E-state index contributed by atoms with van der Waals surface area (Å²) in [5, 5.41) is 2.44. The first-order valence-corrected chi connectivity index (χ1v) is 3.44. The first kappa shape index (κ1) is 9.27. The maximum Gasteiger partial charge on any atom is 0.407 e. The minimum absolute atomic E-state index is 0.00782. The molecule has 0 fully saturated rings. The summed E-state index contributed by atoms with van der Waals surface area (Å²) in [4.78, 5) is 10.6. The molecule has 3 nitrogen and oxygen atoms in total. The van der Waals surface area contributed by atoms with Crippen LogP contribution in [-0.2, 0) is 4.74 Å². The summed E-state index contributed by atoms with van der Waals surface area (Å²) in [6.07, 6.45) is 0.445. The van der Waals surface area contributed by atoms with Crippen LogP contribution in [0.1, 0.15) is 20.3 Å². The van der Waals surface area contributed by atoms with E-state index in [0.717, 1.165) is 6.42 Å². The highest BCUT2D eigenvalue weighted by Crippen LogP contribution is 1.94. The average Bonchev–Trinajstić information content (AvgIpc) is 1.88. The molecule has 0 heterocycles. The number of hydrogen-bond donors (Lipinski definition) is 1. The van der Waals surface area contributed by atoms with Gasteiger partial charge in [-0.15, -0.1) is 0 Å². The Morgan fingerprint density at radius 2 is 2.40 bits per heavy atom. The van der Waals surface area contributed by atoms with Crippen molar-refractivity contribution < 1.29 is 9.53 Å². The molecule has 0 aliphatic carbocycles. The van der Waals surface area contributed by atoms with E-state index in [1.807, 2.05) is 13.8 Å². The lowest BCUT2D eigenvalue weighted by Gasteiger charge is -2.10. The summed E-state index contributed by atoms with van der Waals surface area (Å²) in [6, 6.07) is 0. The molecule has 0 aromatic carbocycles. The maximum absolute atomic E-state index is 10.6. The standard InChI is InChI=1S/C7H14NO2/c1-4-6(3)10-7(9)8-5-2/h6H,2,4-5H2,1,3H3,(H,8,9). The van der Waals surface area contributed by atoms with Crippen LogP contribution in [-0.4, -0.2) is 18.7 Å². The third kappa shape index (κ3) is 4.18. The van der Waals surface area contributed by atoms with Gasteiger partial charge in [-0.3, -0.25) is 0 Å². The van der Waals surface area contributed by atoms with Gasteiger partial charge in [0, 0.05) is 6.54 Å². The molecule has 0 aliphatic heterocycles. The lowest BCUT2D eigenvalue weighted by atomic mass is 10.3. The number of amides is 1. The fraction of sp³-hybridized carbons (Fsp3) is 0.714. The van der Waals surface area contributed by atoms with Crippen LogP contribution in [0.15, 0.2) is 0 Å². The second-order valence-electron chi connectivity index (χ2n) is 2.05. The van der Waals surface area contributed by atoms with Crippen LogP contribution in [0.2, 0.25) is 0 Å². The van der Waals surface area contributed by atoms with E-state index in [2.05, 4.69) is 12.2 Å². The number of rotatable bonds is 3. The van der Waals surface area contributed by atoms with E-state index in [1.165, 1.54) is 0 Å². The summed E-state index contributed by atoms with van der Waals surface area (Å²) in [6.45, 7) is 7.63. The molecule has 0 aromatic rings. The van der Waals surface area contributed by atoms with E-state index in [1.54, 1.807) is 0 Å². The highest BCUT2D eigenvalue weighted by Gasteiger charge is 2.03. The zero-order valence-electron chi connectivity index (χ0n) is 6.52. The van der Waals surface area contributed by atoms with Gasteiger partial charge in [-0.2, -0.15) is 0 Å². The quantitative estimate of drug-likeness (QED) is 0.649. The van der Waals surface area contributed by atoms with Gasteiger partial charge in [0.25, 0.3) is 0 Å². The van der Waals surface area contributed by atoms with E-state index < -0.39 is 0 Å². The molecular weight excluding hydrogens is 130 g/mol. The van der Waals surface area contributed by atoms with Crippen molar-refractivity contribution in [3.05, 3.63) is 6.92 Å². The van der Waals surface area contributed by atoms with Crippen molar-refractivity contribution in [2.75, 3.05) is 6.54 Å². The molecule has 1 amide bonds. The van der Waals surface area contributed by atoms with E-state index in [9.17, 15) is 4.79 Å². The monoisotopic (exact) mass is 144 g/mol. The van der Waals surface area contributed by atoms with Gasteiger partial charge in [0.05, 0.1) is 0 Å². The highest BCUT2D eigenvalue weighted by molar-refractivity contribution is 5.67. The average molecular weight is 144 g/mol. The number of carbonyl (C=O) groups excluding carboxylic acids is 1. The van der Waals surface area contributed by atoms with E-state index in [0.29, 0.717) is 6.54 Å². The van der Waals surface area contributed by atoms with Gasteiger partial charge < -0.3 is 10.1 Å². The topological polar surface area (TPSA) is 38.3 Å². The summed E-state index contributed by atoms with van der Waals surface area (Å²) >= 11 is 0. The minimum Gasteiger partial charge on any atom is -0.447 e. The first-order chi connectivity index (χ1) is 4.70. The fourth-order valence-electron chi connectivity index (χ4n) is 0.410. The van der Waals surface area contributed by atoms with Crippen molar-refractivity contribution in [1.82, 2.24) is 5.32 Å². The lowest BCUT2D eigenvalue weighted by Crippen LogP contribution is -2.27. The molecule has 1 N–H and O–H groups in total. The predicted molar refractivity (Wildman–Crippen MR) is 39.6 cm³/mol. The van der Waals surface area contributed by atoms with Gasteiger partial charge in [0.1, 0.15) is 6.10 Å². The Labute approximate surface area is 61.8 Å². The van der Waals surface area contributed by atoms with Gasteiger partial charge in [-0.1, -0.05) is 6.92 Å². The van der Waals surface area contributed by atoms with Crippen molar-refractivity contribution in [3.63, 3.8) is 0 Å². The van der Waals surface area contributed by atoms with Crippen molar-refractivity contribution in [2.24, 2.45) is 0 Å². The molecular formula is C7H14NO2. The van der Waals surface area contributed by atoms with Gasteiger partial charge in [0.2, 0.25) is 0 Å². The Bertz CT molecular complexity index is 104. The van der Waals surface area contributed by atoms with Crippen molar-refractivity contribution in [1.29, 1.82) is 0 Å². The zero-order valence-corrected chi connectivity index (χ0v) is 6.52. The minimum atomic E-state index is -0.385. The second kappa shape index (κ2) is 5.09. The second-order valence-corrected chi connectivity index (χ2v) is 2.05. The van der Waals surface area contributed by atoms with Crippen LogP contribution in [0.4, 0.5) is 4.79 Å². The molecule has 1 radical (unpaired) electrons. The number of nitrogens with one attached hydrogen (secondary N) is 1. The van der Waals surface area contributed by atoms with E-state index in [-0.39, 0.29) is 12.2 Å². The Balaban J connectivity index is 3.37. The summed E-state index contributed by atoms with van der Waals surface area (Å²) in [5.41, 5.74) is 0. The number of alkyl carbamates (subject to hydrolysis) is 1. The summed E-state index contributed by atoms with van der Waals surface area (Å²) in [7, 11) is 0. The van der Waals surface area contributed by atoms with Gasteiger partial charge in [-0.05, 0) is 20.3 Å². The normalized spacial score (nSPS) is 12.3. The molecule has 10 heavy (non-hydrogen) atoms. The van der Waals surface area contributed by atoms with Gasteiger partial charge in [0.15, 0.2) is 0 Å². The number of carbonyl (C=O) groups is 1. The predicted octanol–water partition coefficient (Wildman–Crippen LogP) is 1.35. The maximum atomic E-state index is 10.6. The van der Waals surface area contributed by atoms with Crippen LogP contribution in [0.5, 0.6) is 0 Å². The zero-order chi connectivity index (χ0) is 7.98. The highest BCUT2D eigenvalue weighted by atomic mass is 16.6. The number of ether oxygens (including phenoxy) is 1. The Hall–Kier alpha value is -0.730. The van der Waals surface area contributed by atoms with E-state index >= 15 is 0 Å². The molecule has 0 spiro atoms. The molecule has 0 bridgehead atoms. The van der Waals surface area contributed by atoms with Crippen LogP contribution in [0.25, 0.3) is 0 Å². The van der Waals surface area contributed by atoms with Crippen LogP contribution in [0.3, 0.4) is 0 Å². The van der Waals surface area contributed by atoms with Crippen LogP contribution < -0.4 is 5.32 Å². The van der Waals surface area contributed by atoms with Crippen molar-refractivity contribution >= 4 is 6.09 Å².